The third-order valence-corrected chi connectivity index (χ3v) is 42.7. The van der Waals surface area contributed by atoms with Crippen molar-refractivity contribution >= 4 is 49.9 Å². The highest BCUT2D eigenvalue weighted by atomic mass is 28.4. The summed E-state index contributed by atoms with van der Waals surface area (Å²) >= 11 is 0. The van der Waals surface area contributed by atoms with Crippen LogP contribution in [0.1, 0.15) is 125 Å². The molecule has 0 aromatic rings. The normalized spacial score (nSPS) is 25.4. The zero-order chi connectivity index (χ0) is 47.7. The molecule has 354 valence electrons. The summed E-state index contributed by atoms with van der Waals surface area (Å²) in [5.41, 5.74) is 0. The largest absolute Gasteiger partial charge is 0.459 e. The molecule has 60 heavy (non-hydrogen) atoms. The van der Waals surface area contributed by atoms with E-state index in [4.69, 9.17) is 36.0 Å². The quantitative estimate of drug-likeness (QED) is 0.169. The van der Waals surface area contributed by atoms with Crippen LogP contribution in [0.5, 0.6) is 0 Å². The molecule has 0 bridgehead atoms. The van der Waals surface area contributed by atoms with E-state index in [0.29, 0.717) is 11.5 Å². The van der Waals surface area contributed by atoms with Crippen LogP contribution in [0.4, 0.5) is 0 Å². The van der Waals surface area contributed by atoms with E-state index in [2.05, 4.69) is 215 Å². The van der Waals surface area contributed by atoms with E-state index in [0.717, 1.165) is 0 Å². The molecule has 2 rings (SSSR count). The van der Waals surface area contributed by atoms with Crippen LogP contribution in [0.15, 0.2) is 23.7 Å². The van der Waals surface area contributed by atoms with Gasteiger partial charge < -0.3 is 36.0 Å². The van der Waals surface area contributed by atoms with Gasteiger partial charge in [0, 0.05) is 0 Å². The smallest absolute Gasteiger partial charge is 0.219 e. The fourth-order valence-corrected chi connectivity index (χ4v) is 12.4. The second-order valence-electron chi connectivity index (χ2n) is 27.2. The van der Waals surface area contributed by atoms with Crippen molar-refractivity contribution < 1.29 is 36.0 Å². The summed E-state index contributed by atoms with van der Waals surface area (Å²) in [5.74, 6) is 1.16. The average Bonchev–Trinajstić information content (AvgIpc) is 2.95. The Hall–Kier alpha value is 0.141. The minimum atomic E-state index is -2.42. The van der Waals surface area contributed by atoms with Crippen molar-refractivity contribution in [3.8, 4) is 0 Å². The molecule has 0 saturated heterocycles. The zero-order valence-corrected chi connectivity index (χ0v) is 50.9. The predicted molar refractivity (Wildman–Crippen MR) is 271 cm³/mol. The molecule has 0 unspecified atom stereocenters. The number of hydrogen-bond acceptors (Lipinski definition) is 8. The molecule has 0 fully saturated rings. The molecule has 0 saturated carbocycles. The van der Waals surface area contributed by atoms with Crippen molar-refractivity contribution in [1.29, 1.82) is 0 Å². The maximum Gasteiger partial charge on any atom is 0.219 e. The van der Waals surface area contributed by atoms with E-state index in [9.17, 15) is 0 Å². The van der Waals surface area contributed by atoms with E-state index in [1.54, 1.807) is 0 Å². The van der Waals surface area contributed by atoms with Gasteiger partial charge in [0.05, 0.1) is 12.2 Å². The Morgan fingerprint density at radius 2 is 0.500 bits per heavy atom. The lowest BCUT2D eigenvalue weighted by molar-refractivity contribution is -0.179. The third-order valence-electron chi connectivity index (χ3n) is 15.9. The molecule has 2 heterocycles. The van der Waals surface area contributed by atoms with Gasteiger partial charge in [-0.05, 0) is 121 Å². The SMILES string of the molecule is CC(C)(C)[Si](C)(C)O[C@H]1OC(C2=C[C@@H](O[Si](C)(C)C(C)(C)C)[C@@H](O[Si](C)(C)C(C)(C)C)[C@@H](O[Si](C)(C)C(C)(C)C)O2)=C[C@@H](O[Si](C)(C)C(C)(C)C)[C@H]1O[Si](C)(C)C(C)(C)C. The van der Waals surface area contributed by atoms with Gasteiger partial charge in [0.2, 0.25) is 12.6 Å². The minimum absolute atomic E-state index is 0.0448. The fraction of sp³-hybridized carbons (Fsp3) is 0.913. The fourth-order valence-electron chi connectivity index (χ4n) is 5.17. The summed E-state index contributed by atoms with van der Waals surface area (Å²) in [4.78, 5) is 0. The van der Waals surface area contributed by atoms with Crippen LogP contribution in [0.2, 0.25) is 109 Å². The monoisotopic (exact) mass is 947 g/mol. The second-order valence-corrected chi connectivity index (χ2v) is 55.7. The molecular formula is C46H98O8Si6. The number of rotatable bonds is 13. The van der Waals surface area contributed by atoms with Crippen molar-refractivity contribution in [2.45, 2.75) is 270 Å². The standard InChI is InChI=1S/C46H98O8Si6/c1-41(2,3)55(19,20)49-35-31-33(47-39(53-59(27,28)45(13,14)15)37(35)51-57(23,24)43(7,8)9)34-32-36(50-56(21,22)42(4,5)6)38(52-58(25,26)44(10,11)12)40(48-34)54-60(29,30)46(16,17)18/h31-32,35-40H,1-30H3/t35-,36-,37-,38-,39-,40-/m1/s1. The Labute approximate surface area is 378 Å². The van der Waals surface area contributed by atoms with E-state index in [-0.39, 0.29) is 30.2 Å². The molecule has 8 nitrogen and oxygen atoms in total. The van der Waals surface area contributed by atoms with Gasteiger partial charge in [-0.3, -0.25) is 0 Å². The average molecular weight is 948 g/mol. The van der Waals surface area contributed by atoms with Crippen molar-refractivity contribution in [3.63, 3.8) is 0 Å². The number of hydrogen-bond donors (Lipinski definition) is 0. The van der Waals surface area contributed by atoms with Crippen LogP contribution in [0, 0.1) is 0 Å². The van der Waals surface area contributed by atoms with Gasteiger partial charge in [0.25, 0.3) is 0 Å². The maximum atomic E-state index is 7.46. The molecule has 6 atom stereocenters. The third kappa shape index (κ3) is 13.2. The Kier molecular flexibility index (Phi) is 16.6. The first-order chi connectivity index (χ1) is 26.0. The van der Waals surface area contributed by atoms with Gasteiger partial charge in [-0.2, -0.15) is 0 Å². The number of ether oxygens (including phenoxy) is 2. The maximum absolute atomic E-state index is 7.46. The Bertz CT molecular complexity index is 1410. The summed E-state index contributed by atoms with van der Waals surface area (Å²) in [5, 5.41) is -0.332. The topological polar surface area (TPSA) is 73.8 Å². The summed E-state index contributed by atoms with van der Waals surface area (Å²) in [6, 6.07) is 0. The lowest BCUT2D eigenvalue weighted by Crippen LogP contribution is -2.60. The molecule has 0 aliphatic carbocycles. The van der Waals surface area contributed by atoms with Crippen molar-refractivity contribution in [3.05, 3.63) is 23.7 Å². The highest BCUT2D eigenvalue weighted by Crippen LogP contribution is 2.49. The van der Waals surface area contributed by atoms with Crippen LogP contribution in [-0.4, -0.2) is 86.9 Å². The van der Waals surface area contributed by atoms with E-state index < -0.39 is 86.9 Å². The second kappa shape index (κ2) is 17.7. The van der Waals surface area contributed by atoms with Crippen molar-refractivity contribution in [1.82, 2.24) is 0 Å². The first kappa shape index (κ1) is 56.3. The summed E-state index contributed by atoms with van der Waals surface area (Å²) < 4.78 is 58.9. The van der Waals surface area contributed by atoms with Gasteiger partial charge in [0.1, 0.15) is 12.2 Å². The van der Waals surface area contributed by atoms with Crippen LogP contribution in [0.3, 0.4) is 0 Å². The molecule has 0 amide bonds. The van der Waals surface area contributed by atoms with Gasteiger partial charge in [-0.1, -0.05) is 125 Å². The van der Waals surface area contributed by atoms with Crippen LogP contribution in [-0.2, 0) is 36.0 Å². The summed E-state index contributed by atoms with van der Waals surface area (Å²) in [6.07, 6.45) is 0.882. The first-order valence-electron chi connectivity index (χ1n) is 22.8. The minimum Gasteiger partial charge on any atom is -0.459 e. The van der Waals surface area contributed by atoms with Crippen LogP contribution >= 0.6 is 0 Å². The van der Waals surface area contributed by atoms with Gasteiger partial charge >= 0.3 is 0 Å². The molecule has 0 spiro atoms. The van der Waals surface area contributed by atoms with Crippen LogP contribution < -0.4 is 0 Å². The molecule has 2 aliphatic rings. The molecular weight excluding hydrogens is 849 g/mol. The molecule has 0 aromatic heterocycles. The highest BCUT2D eigenvalue weighted by molar-refractivity contribution is 6.76. The van der Waals surface area contributed by atoms with Gasteiger partial charge in [0.15, 0.2) is 61.4 Å². The molecule has 0 radical (unpaired) electrons. The summed E-state index contributed by atoms with van der Waals surface area (Å²) in [7, 11) is -14.3. The highest BCUT2D eigenvalue weighted by Gasteiger charge is 2.55. The molecule has 0 aromatic carbocycles. The van der Waals surface area contributed by atoms with Crippen molar-refractivity contribution in [2.24, 2.45) is 0 Å². The summed E-state index contributed by atoms with van der Waals surface area (Å²) in [6.45, 7) is 68.7. The van der Waals surface area contributed by atoms with Crippen LogP contribution in [0.25, 0.3) is 0 Å². The Morgan fingerprint density at radius 3 is 0.700 bits per heavy atom. The van der Waals surface area contributed by atoms with E-state index in [1.165, 1.54) is 0 Å². The lowest BCUT2D eigenvalue weighted by atomic mass is 10.1. The molecule has 14 heteroatoms. The predicted octanol–water partition coefficient (Wildman–Crippen LogP) is 15.1. The van der Waals surface area contributed by atoms with Gasteiger partial charge in [-0.15, -0.1) is 0 Å². The molecule has 0 N–H and O–H groups in total. The van der Waals surface area contributed by atoms with Crippen molar-refractivity contribution in [2.75, 3.05) is 0 Å². The van der Waals surface area contributed by atoms with E-state index >= 15 is 0 Å². The van der Waals surface area contributed by atoms with Gasteiger partial charge in [-0.25, -0.2) is 0 Å². The lowest BCUT2D eigenvalue weighted by Gasteiger charge is -2.51. The first-order valence-corrected chi connectivity index (χ1v) is 40.3. The molecule has 2 aliphatic heterocycles. The Balaban J connectivity index is 3.13. The Morgan fingerprint density at radius 1 is 0.317 bits per heavy atom. The zero-order valence-electron chi connectivity index (χ0n) is 44.9. The van der Waals surface area contributed by atoms with E-state index in [1.807, 2.05) is 0 Å².